The fourth-order valence-electron chi connectivity index (χ4n) is 2.79. The topological polar surface area (TPSA) is 67.3 Å². The highest BCUT2D eigenvalue weighted by molar-refractivity contribution is 6.18. The molecule has 0 saturated carbocycles. The van der Waals surface area contributed by atoms with E-state index in [1.165, 1.54) is 5.69 Å². The molecule has 0 aromatic heterocycles. The summed E-state index contributed by atoms with van der Waals surface area (Å²) in [5.41, 5.74) is 14.9. The van der Waals surface area contributed by atoms with Crippen molar-refractivity contribution in [1.82, 2.24) is 0 Å². The van der Waals surface area contributed by atoms with Crippen LogP contribution in [0.25, 0.3) is 0 Å². The summed E-state index contributed by atoms with van der Waals surface area (Å²) in [4.78, 5) is 2.18. The van der Waals surface area contributed by atoms with E-state index in [0.717, 1.165) is 61.3 Å². The quantitative estimate of drug-likeness (QED) is 0.304. The average Bonchev–Trinajstić information content (AvgIpc) is 2.57. The number of hydrogen-bond donors (Lipinski definition) is 3. The van der Waals surface area contributed by atoms with Crippen molar-refractivity contribution in [1.29, 1.82) is 0 Å². The third-order valence-corrected chi connectivity index (χ3v) is 4.52. The summed E-state index contributed by atoms with van der Waals surface area (Å²) in [7, 11) is 6.60. The van der Waals surface area contributed by atoms with Crippen LogP contribution in [0.3, 0.4) is 0 Å². The van der Waals surface area contributed by atoms with Gasteiger partial charge in [-0.2, -0.15) is 0 Å². The number of benzene rings is 1. The van der Waals surface area contributed by atoms with Gasteiger partial charge in [0, 0.05) is 45.4 Å². The molecule has 6 heteroatoms. The first kappa shape index (κ1) is 21.0. The van der Waals surface area contributed by atoms with Crippen LogP contribution in [-0.2, 0) is 6.54 Å². The van der Waals surface area contributed by atoms with Gasteiger partial charge in [0.1, 0.15) is 0 Å². The van der Waals surface area contributed by atoms with Crippen LogP contribution in [0.5, 0.6) is 0 Å². The zero-order chi connectivity index (χ0) is 18.0. The highest BCUT2D eigenvalue weighted by Gasteiger charge is 2.14. The van der Waals surface area contributed by atoms with E-state index in [9.17, 15) is 0 Å². The minimum absolute atomic E-state index is 0.553. The first-order valence-electron chi connectivity index (χ1n) is 8.79. The van der Waals surface area contributed by atoms with Crippen molar-refractivity contribution in [2.45, 2.75) is 19.4 Å². The second kappa shape index (κ2) is 10.8. The van der Waals surface area contributed by atoms with Gasteiger partial charge in [-0.05, 0) is 24.2 Å². The fourth-order valence-corrected chi connectivity index (χ4v) is 3.05. The van der Waals surface area contributed by atoms with Crippen molar-refractivity contribution in [2.75, 3.05) is 70.0 Å². The Hall–Kier alpha value is -1.01. The van der Waals surface area contributed by atoms with Gasteiger partial charge in [0.15, 0.2) is 0 Å². The monoisotopic (exact) mass is 356 g/mol. The summed E-state index contributed by atoms with van der Waals surface area (Å²) in [5, 5.41) is 3.58. The molecule has 1 aromatic rings. The largest absolute Gasteiger partial charge is 0.383 e. The molecule has 0 aliphatic carbocycles. The van der Waals surface area contributed by atoms with Crippen LogP contribution in [0.1, 0.15) is 18.4 Å². The molecule has 0 spiro atoms. The first-order valence-corrected chi connectivity index (χ1v) is 9.33. The van der Waals surface area contributed by atoms with E-state index >= 15 is 0 Å². The van der Waals surface area contributed by atoms with E-state index in [1.807, 2.05) is 0 Å². The van der Waals surface area contributed by atoms with Crippen LogP contribution < -0.4 is 21.7 Å². The number of quaternary nitrogens is 1. The van der Waals surface area contributed by atoms with Crippen LogP contribution in [0.15, 0.2) is 18.2 Å². The maximum atomic E-state index is 5.88. The number of nitrogens with two attached hydrogens (primary N) is 2. The highest BCUT2D eigenvalue weighted by Crippen LogP contribution is 2.26. The maximum absolute atomic E-state index is 5.88. The molecule has 0 saturated heterocycles. The van der Waals surface area contributed by atoms with E-state index in [0.29, 0.717) is 12.4 Å². The summed E-state index contributed by atoms with van der Waals surface area (Å²) < 4.78 is 1.01. The van der Waals surface area contributed by atoms with Gasteiger partial charge in [-0.25, -0.2) is 0 Å². The smallest absolute Gasteiger partial charge is 0.0799 e. The summed E-state index contributed by atoms with van der Waals surface area (Å²) in [6.45, 7) is 5.35. The van der Waals surface area contributed by atoms with Crippen molar-refractivity contribution < 1.29 is 4.48 Å². The van der Waals surface area contributed by atoms with Crippen LogP contribution >= 0.6 is 11.6 Å². The lowest BCUT2D eigenvalue weighted by molar-refractivity contribution is -0.890. The first-order chi connectivity index (χ1) is 11.4. The molecular formula is C18H35ClN5+. The standard InChI is InChI=1S/C18H35ClN5/c1-23(11-8-19)18-7-6-16(15-21)14-17(18)22-10-5-13-24(2,3)12-4-9-20/h6-7,14,22H,4-5,8-13,15,20-21H2,1-3H3/q+1. The summed E-state index contributed by atoms with van der Waals surface area (Å²) in [6.07, 6.45) is 2.19. The Morgan fingerprint density at radius 1 is 1.17 bits per heavy atom. The van der Waals surface area contributed by atoms with Crippen molar-refractivity contribution in [3.8, 4) is 0 Å². The van der Waals surface area contributed by atoms with Crippen molar-refractivity contribution in [2.24, 2.45) is 11.5 Å². The predicted octanol–water partition coefficient (Wildman–Crippen LogP) is 2.05. The Kier molecular flexibility index (Phi) is 9.44. The summed E-state index contributed by atoms with van der Waals surface area (Å²) in [6, 6.07) is 6.35. The van der Waals surface area contributed by atoms with E-state index in [4.69, 9.17) is 23.1 Å². The average molecular weight is 357 g/mol. The predicted molar refractivity (Wildman–Crippen MR) is 107 cm³/mol. The minimum Gasteiger partial charge on any atom is -0.383 e. The van der Waals surface area contributed by atoms with Gasteiger partial charge in [-0.3, -0.25) is 0 Å². The molecule has 1 rings (SSSR count). The van der Waals surface area contributed by atoms with Gasteiger partial charge in [0.25, 0.3) is 0 Å². The number of nitrogens with zero attached hydrogens (tertiary/aromatic N) is 2. The number of nitrogens with one attached hydrogen (secondary N) is 1. The van der Waals surface area contributed by atoms with Gasteiger partial charge >= 0.3 is 0 Å². The molecule has 0 radical (unpaired) electrons. The minimum atomic E-state index is 0.553. The molecule has 5 nitrogen and oxygen atoms in total. The fraction of sp³-hybridized carbons (Fsp3) is 0.667. The van der Waals surface area contributed by atoms with Crippen LogP contribution in [-0.4, -0.2) is 64.2 Å². The van der Waals surface area contributed by atoms with Gasteiger partial charge < -0.3 is 26.2 Å². The van der Waals surface area contributed by atoms with Gasteiger partial charge in [0.05, 0.1) is 38.6 Å². The van der Waals surface area contributed by atoms with Crippen molar-refractivity contribution in [3.63, 3.8) is 0 Å². The highest BCUT2D eigenvalue weighted by atomic mass is 35.5. The van der Waals surface area contributed by atoms with Crippen LogP contribution in [0.2, 0.25) is 0 Å². The Bertz CT molecular complexity index is 478. The zero-order valence-corrected chi connectivity index (χ0v) is 16.3. The normalized spacial score (nSPS) is 11.6. The molecular weight excluding hydrogens is 322 g/mol. The summed E-state index contributed by atoms with van der Waals surface area (Å²) in [5.74, 6) is 0.612. The number of anilines is 2. The van der Waals surface area contributed by atoms with Gasteiger partial charge in [0.2, 0.25) is 0 Å². The number of alkyl halides is 1. The molecule has 0 heterocycles. The molecule has 0 aliphatic rings. The number of hydrogen-bond acceptors (Lipinski definition) is 4. The second-order valence-electron chi connectivity index (χ2n) is 6.97. The van der Waals surface area contributed by atoms with Gasteiger partial charge in [-0.15, -0.1) is 11.6 Å². The maximum Gasteiger partial charge on any atom is 0.0799 e. The lowest BCUT2D eigenvalue weighted by Gasteiger charge is -2.30. The van der Waals surface area contributed by atoms with E-state index in [1.54, 1.807) is 0 Å². The molecule has 0 fully saturated rings. The number of rotatable bonds is 12. The second-order valence-corrected chi connectivity index (χ2v) is 7.35. The Balaban J connectivity index is 2.62. The van der Waals surface area contributed by atoms with Crippen LogP contribution in [0, 0.1) is 0 Å². The number of halogens is 1. The van der Waals surface area contributed by atoms with E-state index in [-0.39, 0.29) is 0 Å². The lowest BCUT2D eigenvalue weighted by Crippen LogP contribution is -2.42. The molecule has 0 aliphatic heterocycles. The Morgan fingerprint density at radius 3 is 2.50 bits per heavy atom. The SMILES string of the molecule is CN(CCCl)c1ccc(CN)cc1NCCC[N+](C)(C)CCCN. The Labute approximate surface area is 152 Å². The third kappa shape index (κ3) is 7.26. The van der Waals surface area contributed by atoms with E-state index < -0.39 is 0 Å². The molecule has 5 N–H and O–H groups in total. The summed E-state index contributed by atoms with van der Waals surface area (Å²) >= 11 is 5.88. The molecule has 1 aromatic carbocycles. The molecule has 0 atom stereocenters. The van der Waals surface area contributed by atoms with Crippen molar-refractivity contribution in [3.05, 3.63) is 23.8 Å². The van der Waals surface area contributed by atoms with Crippen LogP contribution in [0.4, 0.5) is 11.4 Å². The third-order valence-electron chi connectivity index (χ3n) is 4.35. The molecule has 24 heavy (non-hydrogen) atoms. The lowest BCUT2D eigenvalue weighted by atomic mass is 10.1. The van der Waals surface area contributed by atoms with Crippen molar-refractivity contribution >= 4 is 23.0 Å². The molecule has 0 unspecified atom stereocenters. The molecule has 138 valence electrons. The Morgan fingerprint density at radius 2 is 1.88 bits per heavy atom. The van der Waals surface area contributed by atoms with Gasteiger partial charge in [-0.1, -0.05) is 6.07 Å². The van der Waals surface area contributed by atoms with E-state index in [2.05, 4.69) is 49.6 Å². The zero-order valence-electron chi connectivity index (χ0n) is 15.5. The molecule has 0 amide bonds. The molecule has 0 bridgehead atoms.